The molecule has 1 fully saturated rings. The van der Waals surface area contributed by atoms with Crippen LogP contribution in [0.25, 0.3) is 0 Å². The van der Waals surface area contributed by atoms with E-state index in [9.17, 15) is 9.90 Å². The lowest BCUT2D eigenvalue weighted by molar-refractivity contribution is 0.0697. The van der Waals surface area contributed by atoms with Gasteiger partial charge in [0.1, 0.15) is 0 Å². The summed E-state index contributed by atoms with van der Waals surface area (Å²) in [5.74, 6) is -0.944. The molecule has 1 aromatic carbocycles. The number of anilines is 2. The normalized spacial score (nSPS) is 14.5. The van der Waals surface area contributed by atoms with Crippen molar-refractivity contribution in [3.63, 3.8) is 0 Å². The molecule has 1 aliphatic rings. The molecule has 0 heterocycles. The van der Waals surface area contributed by atoms with Crippen molar-refractivity contribution in [2.75, 3.05) is 30.9 Å². The summed E-state index contributed by atoms with van der Waals surface area (Å²) in [6, 6.07) is 5.47. The smallest absolute Gasteiger partial charge is 0.337 e. The molecule has 0 saturated heterocycles. The van der Waals surface area contributed by atoms with Gasteiger partial charge in [-0.25, -0.2) is 4.79 Å². The third kappa shape index (κ3) is 2.73. The number of methoxy groups -OCH3 is 1. The van der Waals surface area contributed by atoms with Crippen molar-refractivity contribution in [3.05, 3.63) is 23.8 Å². The van der Waals surface area contributed by atoms with E-state index < -0.39 is 5.97 Å². The van der Waals surface area contributed by atoms with Gasteiger partial charge in [-0.2, -0.15) is 0 Å². The predicted molar refractivity (Wildman–Crippen MR) is 70.1 cm³/mol. The number of hydrogen-bond donors (Lipinski definition) is 2. The summed E-state index contributed by atoms with van der Waals surface area (Å²) in [6.07, 6.45) is 2.21. The molecule has 0 aromatic heterocycles. The Balaban J connectivity index is 2.30. The molecule has 0 radical (unpaired) electrons. The number of benzene rings is 1. The van der Waals surface area contributed by atoms with Crippen molar-refractivity contribution in [2.24, 2.45) is 0 Å². The van der Waals surface area contributed by atoms with Crippen LogP contribution in [0.3, 0.4) is 0 Å². The Bertz CT molecular complexity index is 444. The molecule has 3 N–H and O–H groups in total. The third-order valence-corrected chi connectivity index (χ3v) is 3.08. The van der Waals surface area contributed by atoms with Crippen molar-refractivity contribution in [3.8, 4) is 0 Å². The molecule has 18 heavy (non-hydrogen) atoms. The largest absolute Gasteiger partial charge is 0.478 e. The zero-order chi connectivity index (χ0) is 13.1. The van der Waals surface area contributed by atoms with Crippen LogP contribution in [0.4, 0.5) is 11.4 Å². The van der Waals surface area contributed by atoms with E-state index in [4.69, 9.17) is 10.5 Å². The van der Waals surface area contributed by atoms with Crippen LogP contribution >= 0.6 is 0 Å². The maximum absolute atomic E-state index is 11.3. The number of hydrogen-bond acceptors (Lipinski definition) is 4. The molecule has 0 bridgehead atoms. The van der Waals surface area contributed by atoms with Gasteiger partial charge in [-0.05, 0) is 31.0 Å². The van der Waals surface area contributed by atoms with Gasteiger partial charge >= 0.3 is 5.97 Å². The van der Waals surface area contributed by atoms with E-state index in [0.29, 0.717) is 24.9 Å². The zero-order valence-corrected chi connectivity index (χ0v) is 10.4. The van der Waals surface area contributed by atoms with Crippen molar-refractivity contribution in [1.29, 1.82) is 0 Å². The van der Waals surface area contributed by atoms with E-state index in [0.717, 1.165) is 18.5 Å². The maximum Gasteiger partial charge on any atom is 0.337 e. The standard InChI is InChI=1S/C13H18N2O3/c1-18-7-6-15(10-3-4-10)12-5-2-9(14)8-11(12)13(16)17/h2,5,8,10H,3-4,6-7,14H2,1H3,(H,16,17). The van der Waals surface area contributed by atoms with Crippen LogP contribution in [0.2, 0.25) is 0 Å². The number of carboxylic acids is 1. The van der Waals surface area contributed by atoms with Crippen molar-refractivity contribution >= 4 is 17.3 Å². The van der Waals surface area contributed by atoms with E-state index in [1.54, 1.807) is 19.2 Å². The molecule has 5 heteroatoms. The highest BCUT2D eigenvalue weighted by molar-refractivity contribution is 5.95. The number of aromatic carboxylic acids is 1. The minimum absolute atomic E-state index is 0.262. The van der Waals surface area contributed by atoms with Gasteiger partial charge in [0.05, 0.1) is 17.9 Å². The Morgan fingerprint density at radius 2 is 2.28 bits per heavy atom. The number of carbonyl (C=O) groups is 1. The lowest BCUT2D eigenvalue weighted by atomic mass is 10.1. The highest BCUT2D eigenvalue weighted by Gasteiger charge is 2.31. The van der Waals surface area contributed by atoms with Gasteiger partial charge in [-0.1, -0.05) is 0 Å². The van der Waals surface area contributed by atoms with Gasteiger partial charge in [0.15, 0.2) is 0 Å². The topological polar surface area (TPSA) is 75.8 Å². The summed E-state index contributed by atoms with van der Waals surface area (Å²) in [4.78, 5) is 13.4. The Labute approximate surface area is 106 Å². The van der Waals surface area contributed by atoms with Gasteiger partial charge in [0, 0.05) is 25.4 Å². The average molecular weight is 250 g/mol. The minimum atomic E-state index is -0.944. The molecular weight excluding hydrogens is 232 g/mol. The van der Waals surface area contributed by atoms with Crippen LogP contribution in [0, 0.1) is 0 Å². The van der Waals surface area contributed by atoms with E-state index in [-0.39, 0.29) is 5.56 Å². The summed E-state index contributed by atoms with van der Waals surface area (Å²) in [7, 11) is 1.65. The van der Waals surface area contributed by atoms with Crippen molar-refractivity contribution < 1.29 is 14.6 Å². The average Bonchev–Trinajstić information content (AvgIpc) is 3.15. The van der Waals surface area contributed by atoms with Gasteiger partial charge in [-0.3, -0.25) is 0 Å². The number of carboxylic acid groups (broad SMARTS) is 1. The van der Waals surface area contributed by atoms with E-state index in [1.807, 2.05) is 0 Å². The third-order valence-electron chi connectivity index (χ3n) is 3.08. The summed E-state index contributed by atoms with van der Waals surface area (Å²) >= 11 is 0. The first-order valence-electron chi connectivity index (χ1n) is 6.02. The number of ether oxygens (including phenoxy) is 1. The minimum Gasteiger partial charge on any atom is -0.478 e. The number of nitrogens with zero attached hydrogens (tertiary/aromatic N) is 1. The molecule has 0 aliphatic heterocycles. The van der Waals surface area contributed by atoms with Crippen molar-refractivity contribution in [2.45, 2.75) is 18.9 Å². The maximum atomic E-state index is 11.3. The number of rotatable bonds is 6. The van der Waals surface area contributed by atoms with Crippen molar-refractivity contribution in [1.82, 2.24) is 0 Å². The molecular formula is C13H18N2O3. The summed E-state index contributed by atoms with van der Waals surface area (Å²) in [5, 5.41) is 9.25. The van der Waals surface area contributed by atoms with Crippen LogP contribution in [-0.2, 0) is 4.74 Å². The fourth-order valence-corrected chi connectivity index (χ4v) is 2.05. The van der Waals surface area contributed by atoms with Crippen LogP contribution in [0.15, 0.2) is 18.2 Å². The Kier molecular flexibility index (Phi) is 3.72. The monoisotopic (exact) mass is 250 g/mol. The molecule has 0 atom stereocenters. The first-order valence-corrected chi connectivity index (χ1v) is 6.02. The van der Waals surface area contributed by atoms with E-state index in [2.05, 4.69) is 4.90 Å². The molecule has 98 valence electrons. The highest BCUT2D eigenvalue weighted by Crippen LogP contribution is 2.34. The van der Waals surface area contributed by atoms with Gasteiger partial charge in [-0.15, -0.1) is 0 Å². The highest BCUT2D eigenvalue weighted by atomic mass is 16.5. The number of nitrogen functional groups attached to an aromatic ring is 1. The Morgan fingerprint density at radius 1 is 1.56 bits per heavy atom. The number of nitrogens with two attached hydrogens (primary N) is 1. The molecule has 0 spiro atoms. The fraction of sp³-hybridized carbons (Fsp3) is 0.462. The molecule has 1 saturated carbocycles. The van der Waals surface area contributed by atoms with Crippen LogP contribution in [-0.4, -0.2) is 37.4 Å². The summed E-state index contributed by atoms with van der Waals surface area (Å²) < 4.78 is 5.08. The molecule has 5 nitrogen and oxygen atoms in total. The van der Waals surface area contributed by atoms with Gasteiger partial charge in [0.2, 0.25) is 0 Å². The Hall–Kier alpha value is -1.75. The molecule has 2 rings (SSSR count). The molecule has 0 unspecified atom stereocenters. The molecule has 1 aromatic rings. The van der Waals surface area contributed by atoms with Crippen LogP contribution in [0.1, 0.15) is 23.2 Å². The SMILES string of the molecule is COCCN(c1ccc(N)cc1C(=O)O)C1CC1. The predicted octanol–water partition coefficient (Wildman–Crippen LogP) is 1.58. The second kappa shape index (κ2) is 5.27. The Morgan fingerprint density at radius 3 is 2.83 bits per heavy atom. The second-order valence-electron chi connectivity index (χ2n) is 4.50. The van der Waals surface area contributed by atoms with E-state index >= 15 is 0 Å². The van der Waals surface area contributed by atoms with E-state index in [1.165, 1.54) is 6.07 Å². The molecule has 1 aliphatic carbocycles. The van der Waals surface area contributed by atoms with Crippen LogP contribution in [0.5, 0.6) is 0 Å². The second-order valence-corrected chi connectivity index (χ2v) is 4.50. The van der Waals surface area contributed by atoms with Gasteiger partial charge in [0.25, 0.3) is 0 Å². The van der Waals surface area contributed by atoms with Crippen LogP contribution < -0.4 is 10.6 Å². The lowest BCUT2D eigenvalue weighted by Crippen LogP contribution is -2.31. The first-order chi connectivity index (χ1) is 8.63. The summed E-state index contributed by atoms with van der Waals surface area (Å²) in [6.45, 7) is 1.28. The quantitative estimate of drug-likeness (QED) is 0.750. The fourth-order valence-electron chi connectivity index (χ4n) is 2.05. The zero-order valence-electron chi connectivity index (χ0n) is 10.4. The lowest BCUT2D eigenvalue weighted by Gasteiger charge is -2.26. The van der Waals surface area contributed by atoms with Gasteiger partial charge < -0.3 is 20.5 Å². The summed E-state index contributed by atoms with van der Waals surface area (Å²) in [5.41, 5.74) is 7.12. The molecule has 0 amide bonds. The first kappa shape index (κ1) is 12.7.